The topological polar surface area (TPSA) is 72.9 Å². The van der Waals surface area contributed by atoms with E-state index in [0.29, 0.717) is 22.7 Å². The van der Waals surface area contributed by atoms with Crippen LogP contribution in [0.1, 0.15) is 54.2 Å². The number of esters is 1. The summed E-state index contributed by atoms with van der Waals surface area (Å²) in [6, 6.07) is 32.8. The van der Waals surface area contributed by atoms with Gasteiger partial charge < -0.3 is 14.4 Å². The number of benzene rings is 4. The van der Waals surface area contributed by atoms with Crippen LogP contribution in [0.25, 0.3) is 0 Å². The molecule has 1 amide bonds. The number of amides is 1. The molecule has 1 saturated heterocycles. The highest BCUT2D eigenvalue weighted by Gasteiger charge is 2.37. The fourth-order valence-electron chi connectivity index (χ4n) is 5.18. The zero-order valence-electron chi connectivity index (χ0n) is 24.4. The number of aryl methyl sites for hydroxylation is 1. The Labute approximate surface area is 246 Å². The molecule has 214 valence electrons. The van der Waals surface area contributed by atoms with E-state index in [1.165, 1.54) is 11.1 Å². The van der Waals surface area contributed by atoms with E-state index in [1.807, 2.05) is 37.3 Å². The summed E-state index contributed by atoms with van der Waals surface area (Å²) in [6.07, 6.45) is -0.895. The summed E-state index contributed by atoms with van der Waals surface area (Å²) in [4.78, 5) is 39.8. The molecule has 1 fully saturated rings. The lowest BCUT2D eigenvalue weighted by molar-refractivity contribution is -0.151. The molecule has 1 aliphatic heterocycles. The van der Waals surface area contributed by atoms with Gasteiger partial charge in [-0.1, -0.05) is 86.1 Å². The Morgan fingerprint density at radius 1 is 0.810 bits per heavy atom. The SMILES string of the molecule is Cc1ccc(C(=O)[C@@H](C)OC(=O)[C@@H]2CC(=O)N(c3ccc(Oc4ccc(C(C)(C)c5ccccc5)cc4)cc3)C2)cc1. The maximum absolute atomic E-state index is 12.8. The molecule has 0 bridgehead atoms. The largest absolute Gasteiger partial charge is 0.457 e. The molecule has 0 spiro atoms. The summed E-state index contributed by atoms with van der Waals surface area (Å²) in [5.41, 5.74) is 4.49. The van der Waals surface area contributed by atoms with Gasteiger partial charge in [-0.2, -0.15) is 0 Å². The average Bonchev–Trinajstić information content (AvgIpc) is 3.40. The van der Waals surface area contributed by atoms with Crippen molar-refractivity contribution in [3.63, 3.8) is 0 Å². The highest BCUT2D eigenvalue weighted by molar-refractivity contribution is 6.02. The molecule has 1 aliphatic rings. The van der Waals surface area contributed by atoms with Crippen LogP contribution in [0.3, 0.4) is 0 Å². The third kappa shape index (κ3) is 6.28. The Kier molecular flexibility index (Phi) is 8.25. The number of ketones is 1. The third-order valence-electron chi connectivity index (χ3n) is 7.91. The zero-order valence-corrected chi connectivity index (χ0v) is 24.4. The van der Waals surface area contributed by atoms with Gasteiger partial charge in [-0.25, -0.2) is 0 Å². The van der Waals surface area contributed by atoms with Crippen LogP contribution in [0.15, 0.2) is 103 Å². The first-order valence-corrected chi connectivity index (χ1v) is 14.2. The summed E-state index contributed by atoms with van der Waals surface area (Å²) in [6.45, 7) is 8.10. The number of hydrogen-bond donors (Lipinski definition) is 0. The summed E-state index contributed by atoms with van der Waals surface area (Å²) in [5, 5.41) is 0. The number of carbonyl (C=O) groups excluding carboxylic acids is 3. The predicted octanol–water partition coefficient (Wildman–Crippen LogP) is 7.28. The highest BCUT2D eigenvalue weighted by atomic mass is 16.5. The second-order valence-electron chi connectivity index (χ2n) is 11.3. The smallest absolute Gasteiger partial charge is 0.312 e. The van der Waals surface area contributed by atoms with Crippen molar-refractivity contribution in [1.82, 2.24) is 0 Å². The minimum atomic E-state index is -0.931. The van der Waals surface area contributed by atoms with E-state index in [2.05, 4.69) is 50.2 Å². The lowest BCUT2D eigenvalue weighted by atomic mass is 9.78. The number of anilines is 1. The predicted molar refractivity (Wildman–Crippen MR) is 163 cm³/mol. The van der Waals surface area contributed by atoms with Gasteiger partial charge in [0.1, 0.15) is 11.5 Å². The molecule has 4 aromatic carbocycles. The van der Waals surface area contributed by atoms with E-state index in [0.717, 1.165) is 5.56 Å². The first kappa shape index (κ1) is 28.8. The van der Waals surface area contributed by atoms with Crippen LogP contribution in [0.5, 0.6) is 11.5 Å². The monoisotopic (exact) mass is 561 g/mol. The first-order chi connectivity index (χ1) is 20.1. The Hall–Kier alpha value is -4.71. The fourth-order valence-corrected chi connectivity index (χ4v) is 5.18. The van der Waals surface area contributed by atoms with Crippen molar-refractivity contribution in [2.24, 2.45) is 5.92 Å². The van der Waals surface area contributed by atoms with E-state index >= 15 is 0 Å². The average molecular weight is 562 g/mol. The van der Waals surface area contributed by atoms with E-state index in [4.69, 9.17) is 9.47 Å². The standard InChI is InChI=1S/C36H35NO5/c1-24-10-12-26(13-11-24)34(39)25(2)41-35(40)27-22-33(38)37(23-27)30-16-20-32(21-17-30)42-31-18-14-29(15-19-31)36(3,4)28-8-6-5-7-9-28/h5-21,25,27H,22-23H2,1-4H3/t25-,27-/m1/s1. The molecule has 0 saturated carbocycles. The quantitative estimate of drug-likeness (QED) is 0.159. The van der Waals surface area contributed by atoms with Gasteiger partial charge in [0.25, 0.3) is 0 Å². The molecule has 2 atom stereocenters. The van der Waals surface area contributed by atoms with Gasteiger partial charge in [0.2, 0.25) is 11.7 Å². The van der Waals surface area contributed by atoms with Crippen LogP contribution in [0.4, 0.5) is 5.69 Å². The summed E-state index contributed by atoms with van der Waals surface area (Å²) in [5.74, 6) is -0.267. The molecular weight excluding hydrogens is 526 g/mol. The van der Waals surface area contributed by atoms with Crippen molar-refractivity contribution in [2.75, 3.05) is 11.4 Å². The van der Waals surface area contributed by atoms with Crippen molar-refractivity contribution in [3.05, 3.63) is 125 Å². The molecule has 0 N–H and O–H groups in total. The summed E-state index contributed by atoms with van der Waals surface area (Å²) in [7, 11) is 0. The van der Waals surface area contributed by atoms with Crippen molar-refractivity contribution in [2.45, 2.75) is 45.6 Å². The summed E-state index contributed by atoms with van der Waals surface area (Å²) >= 11 is 0. The maximum Gasteiger partial charge on any atom is 0.312 e. The Balaban J connectivity index is 1.17. The normalized spacial score (nSPS) is 15.8. The second kappa shape index (κ2) is 12.0. The van der Waals surface area contributed by atoms with Crippen LogP contribution in [-0.4, -0.2) is 30.3 Å². The van der Waals surface area contributed by atoms with Crippen molar-refractivity contribution < 1.29 is 23.9 Å². The van der Waals surface area contributed by atoms with Crippen LogP contribution in [0.2, 0.25) is 0 Å². The third-order valence-corrected chi connectivity index (χ3v) is 7.91. The summed E-state index contributed by atoms with van der Waals surface area (Å²) < 4.78 is 11.5. The second-order valence-corrected chi connectivity index (χ2v) is 11.3. The Morgan fingerprint density at radius 2 is 1.38 bits per heavy atom. The van der Waals surface area contributed by atoms with Gasteiger partial charge in [-0.3, -0.25) is 14.4 Å². The number of ether oxygens (including phenoxy) is 2. The lowest BCUT2D eigenvalue weighted by Crippen LogP contribution is -2.30. The molecular formula is C36H35NO5. The van der Waals surface area contributed by atoms with E-state index in [9.17, 15) is 14.4 Å². The molecule has 0 radical (unpaired) electrons. The number of carbonyl (C=O) groups is 3. The molecule has 0 unspecified atom stereocenters. The molecule has 6 heteroatoms. The van der Waals surface area contributed by atoms with Crippen LogP contribution < -0.4 is 9.64 Å². The van der Waals surface area contributed by atoms with Gasteiger partial charge in [-0.15, -0.1) is 0 Å². The zero-order chi connectivity index (χ0) is 29.9. The van der Waals surface area contributed by atoms with E-state index in [1.54, 1.807) is 48.2 Å². The van der Waals surface area contributed by atoms with Crippen molar-refractivity contribution in [3.8, 4) is 11.5 Å². The molecule has 0 aromatic heterocycles. The maximum atomic E-state index is 12.8. The van der Waals surface area contributed by atoms with Crippen molar-refractivity contribution >= 4 is 23.3 Å². The number of nitrogens with zero attached hydrogens (tertiary/aromatic N) is 1. The highest BCUT2D eigenvalue weighted by Crippen LogP contribution is 2.34. The van der Waals surface area contributed by atoms with Crippen molar-refractivity contribution in [1.29, 1.82) is 0 Å². The van der Waals surface area contributed by atoms with Crippen LogP contribution in [0, 0.1) is 12.8 Å². The minimum absolute atomic E-state index is 0.0359. The minimum Gasteiger partial charge on any atom is -0.457 e. The van der Waals surface area contributed by atoms with Gasteiger partial charge >= 0.3 is 5.97 Å². The van der Waals surface area contributed by atoms with Gasteiger partial charge in [0.05, 0.1) is 5.92 Å². The molecule has 0 aliphatic carbocycles. The Bertz CT molecular complexity index is 1560. The number of Topliss-reactive ketones (excluding diaryl/α,β-unsaturated/α-hetero) is 1. The number of hydrogen-bond acceptors (Lipinski definition) is 5. The van der Waals surface area contributed by atoms with Gasteiger partial charge in [0, 0.05) is 29.6 Å². The van der Waals surface area contributed by atoms with E-state index < -0.39 is 18.0 Å². The molecule has 5 rings (SSSR count). The fraction of sp³-hybridized carbons (Fsp3) is 0.250. The van der Waals surface area contributed by atoms with Gasteiger partial charge in [-0.05, 0) is 61.4 Å². The lowest BCUT2D eigenvalue weighted by Gasteiger charge is -2.26. The molecule has 6 nitrogen and oxygen atoms in total. The molecule has 42 heavy (non-hydrogen) atoms. The van der Waals surface area contributed by atoms with Crippen LogP contribution >= 0.6 is 0 Å². The van der Waals surface area contributed by atoms with E-state index in [-0.39, 0.29) is 30.1 Å². The molecule has 4 aromatic rings. The number of rotatable bonds is 9. The first-order valence-electron chi connectivity index (χ1n) is 14.2. The van der Waals surface area contributed by atoms with Gasteiger partial charge in [0.15, 0.2) is 6.10 Å². The Morgan fingerprint density at radius 3 is 2.00 bits per heavy atom. The molecule has 1 heterocycles. The van der Waals surface area contributed by atoms with Crippen LogP contribution in [-0.2, 0) is 19.7 Å².